The van der Waals surface area contributed by atoms with Crippen molar-refractivity contribution in [2.75, 3.05) is 6.54 Å². The standard InChI is InChI=1S/C9H12N2O7/c10-6(9(17)18)3-4(5(3)8(15)16)7(14)11-1-2(12)13/h3-6H,1,10H2,(H,11,14)(H,12,13)(H,15,16)(H,17,18)/t3-,4+,5+,6-/m0/s1. The third-order valence-corrected chi connectivity index (χ3v) is 2.78. The van der Waals surface area contributed by atoms with Crippen LogP contribution in [0.2, 0.25) is 0 Å². The lowest BCUT2D eigenvalue weighted by Gasteiger charge is -2.04. The van der Waals surface area contributed by atoms with Gasteiger partial charge < -0.3 is 26.4 Å². The summed E-state index contributed by atoms with van der Waals surface area (Å²) < 4.78 is 0. The zero-order chi connectivity index (χ0) is 14.0. The molecule has 0 bridgehead atoms. The van der Waals surface area contributed by atoms with Crippen LogP contribution in [-0.2, 0) is 19.2 Å². The number of carboxylic acids is 3. The number of nitrogens with one attached hydrogen (secondary N) is 1. The van der Waals surface area contributed by atoms with Gasteiger partial charge in [0.25, 0.3) is 0 Å². The molecule has 1 amide bonds. The highest BCUT2D eigenvalue weighted by Crippen LogP contribution is 2.48. The summed E-state index contributed by atoms with van der Waals surface area (Å²) in [5.41, 5.74) is 5.27. The molecule has 0 aromatic heterocycles. The number of amides is 1. The third-order valence-electron chi connectivity index (χ3n) is 2.78. The highest BCUT2D eigenvalue weighted by molar-refractivity contribution is 5.93. The average Bonchev–Trinajstić information content (AvgIpc) is 2.99. The molecular weight excluding hydrogens is 248 g/mol. The van der Waals surface area contributed by atoms with E-state index in [1.165, 1.54) is 0 Å². The topological polar surface area (TPSA) is 167 Å². The maximum atomic E-state index is 11.5. The van der Waals surface area contributed by atoms with Crippen molar-refractivity contribution < 1.29 is 34.5 Å². The first-order chi connectivity index (χ1) is 8.27. The van der Waals surface area contributed by atoms with Crippen molar-refractivity contribution >= 4 is 23.8 Å². The van der Waals surface area contributed by atoms with Gasteiger partial charge >= 0.3 is 17.9 Å². The molecule has 1 saturated carbocycles. The fraction of sp³-hybridized carbons (Fsp3) is 0.556. The van der Waals surface area contributed by atoms with Crippen LogP contribution >= 0.6 is 0 Å². The normalized spacial score (nSPS) is 27.1. The summed E-state index contributed by atoms with van der Waals surface area (Å²) in [4.78, 5) is 43.2. The Labute approximate surface area is 101 Å². The Bertz CT molecular complexity index is 408. The molecular formula is C9H12N2O7. The van der Waals surface area contributed by atoms with E-state index >= 15 is 0 Å². The maximum Gasteiger partial charge on any atom is 0.322 e. The van der Waals surface area contributed by atoms with Crippen LogP contribution in [0.5, 0.6) is 0 Å². The lowest BCUT2D eigenvalue weighted by Crippen LogP contribution is -2.36. The Morgan fingerprint density at radius 1 is 1.11 bits per heavy atom. The number of carboxylic acid groups (broad SMARTS) is 3. The minimum Gasteiger partial charge on any atom is -0.481 e. The van der Waals surface area contributed by atoms with Crippen LogP contribution in [0.4, 0.5) is 0 Å². The minimum absolute atomic E-state index is 0.656. The van der Waals surface area contributed by atoms with E-state index in [4.69, 9.17) is 21.1 Å². The van der Waals surface area contributed by atoms with Crippen molar-refractivity contribution in [3.63, 3.8) is 0 Å². The van der Waals surface area contributed by atoms with Gasteiger partial charge in [-0.1, -0.05) is 0 Å². The predicted molar refractivity (Wildman–Crippen MR) is 54.4 cm³/mol. The molecule has 1 fully saturated rings. The summed E-state index contributed by atoms with van der Waals surface area (Å²) in [6, 6.07) is -1.47. The van der Waals surface area contributed by atoms with Gasteiger partial charge in [-0.3, -0.25) is 19.2 Å². The number of hydrogen-bond acceptors (Lipinski definition) is 5. The molecule has 6 N–H and O–H groups in total. The summed E-state index contributed by atoms with van der Waals surface area (Å²) in [5.74, 6) is -8.14. The van der Waals surface area contributed by atoms with Gasteiger partial charge in [0.05, 0.1) is 11.8 Å². The molecule has 18 heavy (non-hydrogen) atoms. The van der Waals surface area contributed by atoms with E-state index in [1.807, 2.05) is 5.32 Å². The Kier molecular flexibility index (Phi) is 3.86. The van der Waals surface area contributed by atoms with Gasteiger partial charge in [0.2, 0.25) is 5.91 Å². The molecule has 1 aliphatic rings. The summed E-state index contributed by atoms with van der Waals surface area (Å²) >= 11 is 0. The van der Waals surface area contributed by atoms with Crippen LogP contribution in [0, 0.1) is 17.8 Å². The van der Waals surface area contributed by atoms with Crippen molar-refractivity contribution in [3.05, 3.63) is 0 Å². The second kappa shape index (κ2) is 5.00. The highest BCUT2D eigenvalue weighted by Gasteiger charge is 2.63. The molecule has 0 heterocycles. The van der Waals surface area contributed by atoms with Crippen molar-refractivity contribution in [3.8, 4) is 0 Å². The second-order valence-electron chi connectivity index (χ2n) is 3.94. The molecule has 0 saturated heterocycles. The first kappa shape index (κ1) is 13.9. The fourth-order valence-corrected chi connectivity index (χ4v) is 1.88. The molecule has 1 rings (SSSR count). The molecule has 0 spiro atoms. The smallest absolute Gasteiger partial charge is 0.322 e. The SMILES string of the molecule is N[C@H](C(=O)O)[C@@H]1[C@@H](C(=O)O)[C@@H]1C(=O)NCC(=O)O. The van der Waals surface area contributed by atoms with Gasteiger partial charge in [-0.25, -0.2) is 0 Å². The van der Waals surface area contributed by atoms with Gasteiger partial charge in [0.15, 0.2) is 0 Å². The van der Waals surface area contributed by atoms with Gasteiger partial charge in [0.1, 0.15) is 12.6 Å². The van der Waals surface area contributed by atoms with Crippen LogP contribution in [0.1, 0.15) is 0 Å². The second-order valence-corrected chi connectivity index (χ2v) is 3.94. The number of aliphatic carboxylic acids is 3. The predicted octanol–water partition coefficient (Wildman–Crippen LogP) is -2.45. The summed E-state index contributed by atoms with van der Waals surface area (Å²) in [7, 11) is 0. The van der Waals surface area contributed by atoms with Crippen molar-refractivity contribution in [1.29, 1.82) is 0 Å². The summed E-state index contributed by atoms with van der Waals surface area (Å²) in [6.45, 7) is -0.656. The lowest BCUT2D eigenvalue weighted by atomic mass is 10.1. The Hall–Kier alpha value is -2.16. The molecule has 9 nitrogen and oxygen atoms in total. The van der Waals surface area contributed by atoms with Crippen molar-refractivity contribution in [1.82, 2.24) is 5.32 Å². The van der Waals surface area contributed by atoms with Gasteiger partial charge in [0, 0.05) is 5.92 Å². The van der Waals surface area contributed by atoms with E-state index in [0.717, 1.165) is 0 Å². The van der Waals surface area contributed by atoms with E-state index < -0.39 is 54.2 Å². The third kappa shape index (κ3) is 2.74. The van der Waals surface area contributed by atoms with Gasteiger partial charge in [-0.15, -0.1) is 0 Å². The molecule has 0 aliphatic heterocycles. The Balaban J connectivity index is 2.69. The van der Waals surface area contributed by atoms with Crippen LogP contribution in [-0.4, -0.2) is 51.7 Å². The largest absolute Gasteiger partial charge is 0.481 e. The molecule has 4 atom stereocenters. The first-order valence-electron chi connectivity index (χ1n) is 4.98. The number of nitrogens with two attached hydrogens (primary N) is 1. The average molecular weight is 260 g/mol. The number of rotatable bonds is 6. The van der Waals surface area contributed by atoms with Gasteiger partial charge in [-0.05, 0) is 0 Å². The first-order valence-corrected chi connectivity index (χ1v) is 4.98. The minimum atomic E-state index is -1.47. The molecule has 1 aliphatic carbocycles. The molecule has 0 radical (unpaired) electrons. The maximum absolute atomic E-state index is 11.5. The van der Waals surface area contributed by atoms with E-state index in [9.17, 15) is 19.2 Å². The van der Waals surface area contributed by atoms with Gasteiger partial charge in [-0.2, -0.15) is 0 Å². The van der Waals surface area contributed by atoms with Crippen LogP contribution < -0.4 is 11.1 Å². The summed E-state index contributed by atoms with van der Waals surface area (Å²) in [5, 5.41) is 27.8. The van der Waals surface area contributed by atoms with Crippen LogP contribution in [0.25, 0.3) is 0 Å². The lowest BCUT2D eigenvalue weighted by molar-refractivity contribution is -0.141. The Morgan fingerprint density at radius 2 is 1.67 bits per heavy atom. The van der Waals surface area contributed by atoms with Crippen LogP contribution in [0.3, 0.4) is 0 Å². The van der Waals surface area contributed by atoms with E-state index in [-0.39, 0.29) is 0 Å². The zero-order valence-electron chi connectivity index (χ0n) is 9.07. The molecule has 100 valence electrons. The Morgan fingerprint density at radius 3 is 2.06 bits per heavy atom. The van der Waals surface area contributed by atoms with E-state index in [1.54, 1.807) is 0 Å². The molecule has 9 heteroatoms. The quantitative estimate of drug-likeness (QED) is 0.350. The molecule has 0 aromatic carbocycles. The van der Waals surface area contributed by atoms with Crippen LogP contribution in [0.15, 0.2) is 0 Å². The van der Waals surface area contributed by atoms with Crippen molar-refractivity contribution in [2.45, 2.75) is 6.04 Å². The van der Waals surface area contributed by atoms with Crippen molar-refractivity contribution in [2.24, 2.45) is 23.5 Å². The van der Waals surface area contributed by atoms with E-state index in [0.29, 0.717) is 0 Å². The zero-order valence-corrected chi connectivity index (χ0v) is 9.07. The fourth-order valence-electron chi connectivity index (χ4n) is 1.88. The monoisotopic (exact) mass is 260 g/mol. The number of carbonyl (C=O) groups excluding carboxylic acids is 1. The highest BCUT2D eigenvalue weighted by atomic mass is 16.4. The number of carbonyl (C=O) groups is 4. The summed E-state index contributed by atoms with van der Waals surface area (Å²) in [6.07, 6.45) is 0. The molecule has 0 unspecified atom stereocenters. The molecule has 0 aromatic rings. The van der Waals surface area contributed by atoms with E-state index in [2.05, 4.69) is 0 Å². The number of hydrogen-bond donors (Lipinski definition) is 5.